The van der Waals surface area contributed by atoms with Crippen molar-refractivity contribution in [3.05, 3.63) is 0 Å². The largest absolute Gasteiger partial charge is 0.300 e. The van der Waals surface area contributed by atoms with Crippen LogP contribution < -0.4 is 0 Å². The molecule has 0 aromatic heterocycles. The lowest BCUT2D eigenvalue weighted by molar-refractivity contribution is -0.119. The molecule has 0 radical (unpaired) electrons. The second kappa shape index (κ2) is 6.87. The maximum Gasteiger partial charge on any atom is 0.150 e. The van der Waals surface area contributed by atoms with Crippen molar-refractivity contribution < 1.29 is 13.2 Å². The van der Waals surface area contributed by atoms with Gasteiger partial charge in [0.25, 0.3) is 0 Å². The van der Waals surface area contributed by atoms with Gasteiger partial charge in [0.15, 0.2) is 0 Å². The number of hydrogen-bond acceptors (Lipinski definition) is 3. The summed E-state index contributed by atoms with van der Waals surface area (Å²) in [6, 6.07) is 0. The first-order valence-corrected chi connectivity index (χ1v) is 9.22. The summed E-state index contributed by atoms with van der Waals surface area (Å²) in [4.78, 5) is 11.8. The molecule has 112 valence electrons. The zero-order valence-electron chi connectivity index (χ0n) is 12.6. The Kier molecular flexibility index (Phi) is 6.03. The second-order valence-corrected chi connectivity index (χ2v) is 9.39. The van der Waals surface area contributed by atoms with Gasteiger partial charge in [-0.05, 0) is 43.4 Å². The molecule has 3 nitrogen and oxygen atoms in total. The third-order valence-electron chi connectivity index (χ3n) is 3.89. The van der Waals surface area contributed by atoms with Crippen molar-refractivity contribution in [1.29, 1.82) is 0 Å². The minimum atomic E-state index is -2.77. The highest BCUT2D eigenvalue weighted by molar-refractivity contribution is 7.91. The minimum Gasteiger partial charge on any atom is -0.300 e. The first kappa shape index (κ1) is 16.7. The van der Waals surface area contributed by atoms with E-state index in [4.69, 9.17) is 0 Å². The number of ketones is 1. The highest BCUT2D eigenvalue weighted by Crippen LogP contribution is 2.25. The molecule has 1 rings (SSSR count). The van der Waals surface area contributed by atoms with Crippen LogP contribution in [0.3, 0.4) is 0 Å². The van der Waals surface area contributed by atoms with Gasteiger partial charge in [0.05, 0.1) is 11.5 Å². The second-order valence-electron chi connectivity index (χ2n) is 7.09. The highest BCUT2D eigenvalue weighted by atomic mass is 32.2. The van der Waals surface area contributed by atoms with E-state index in [1.165, 1.54) is 0 Å². The molecule has 1 heterocycles. The third kappa shape index (κ3) is 7.71. The average molecular weight is 288 g/mol. The van der Waals surface area contributed by atoms with Gasteiger partial charge in [0.2, 0.25) is 0 Å². The van der Waals surface area contributed by atoms with Crippen molar-refractivity contribution in [2.75, 3.05) is 11.5 Å². The lowest BCUT2D eigenvalue weighted by atomic mass is 9.88. The molecule has 1 aliphatic rings. The van der Waals surface area contributed by atoms with Gasteiger partial charge in [0.1, 0.15) is 15.6 Å². The normalized spacial score (nSPS) is 20.4. The molecular formula is C15H28O3S. The predicted octanol–water partition coefficient (Wildman–Crippen LogP) is 3.38. The molecule has 0 aliphatic carbocycles. The SMILES string of the molecule is CC(C)(C)CCCC(=O)CCC1CCS(=O)(=O)CC1. The first-order valence-electron chi connectivity index (χ1n) is 7.40. The molecule has 0 aromatic carbocycles. The van der Waals surface area contributed by atoms with Gasteiger partial charge in [-0.2, -0.15) is 0 Å². The summed E-state index contributed by atoms with van der Waals surface area (Å²) in [6.07, 6.45) is 5.75. The van der Waals surface area contributed by atoms with E-state index in [1.54, 1.807) is 0 Å². The Balaban J connectivity index is 2.14. The Morgan fingerprint density at radius 1 is 1.11 bits per heavy atom. The van der Waals surface area contributed by atoms with Crippen molar-refractivity contribution in [2.24, 2.45) is 11.3 Å². The van der Waals surface area contributed by atoms with Crippen molar-refractivity contribution >= 4 is 15.6 Å². The lowest BCUT2D eigenvalue weighted by Crippen LogP contribution is -2.23. The fraction of sp³-hybridized carbons (Fsp3) is 0.933. The van der Waals surface area contributed by atoms with Crippen molar-refractivity contribution in [3.8, 4) is 0 Å². The molecular weight excluding hydrogens is 260 g/mol. The van der Waals surface area contributed by atoms with Crippen LogP contribution in [0.15, 0.2) is 0 Å². The standard InChI is InChI=1S/C15H28O3S/c1-15(2,3)10-4-5-14(16)7-6-13-8-11-19(17,18)12-9-13/h13H,4-12H2,1-3H3. The number of carbonyl (C=O) groups excluding carboxylic acids is 1. The van der Waals surface area contributed by atoms with Crippen molar-refractivity contribution in [3.63, 3.8) is 0 Å². The fourth-order valence-electron chi connectivity index (χ4n) is 2.53. The van der Waals surface area contributed by atoms with Gasteiger partial charge in [-0.3, -0.25) is 4.79 Å². The van der Waals surface area contributed by atoms with Gasteiger partial charge >= 0.3 is 0 Å². The van der Waals surface area contributed by atoms with E-state index in [1.807, 2.05) is 0 Å². The van der Waals surface area contributed by atoms with E-state index < -0.39 is 9.84 Å². The zero-order chi connectivity index (χ0) is 14.5. The number of carbonyl (C=O) groups is 1. The van der Waals surface area contributed by atoms with E-state index in [9.17, 15) is 13.2 Å². The topological polar surface area (TPSA) is 51.2 Å². The van der Waals surface area contributed by atoms with Crippen molar-refractivity contribution in [1.82, 2.24) is 0 Å². The van der Waals surface area contributed by atoms with Crippen LogP contribution in [-0.2, 0) is 14.6 Å². The number of hydrogen-bond donors (Lipinski definition) is 0. The molecule has 4 heteroatoms. The van der Waals surface area contributed by atoms with Gasteiger partial charge in [0, 0.05) is 12.8 Å². The van der Waals surface area contributed by atoms with Crippen LogP contribution in [0.2, 0.25) is 0 Å². The van der Waals surface area contributed by atoms with E-state index in [0.717, 1.165) is 32.1 Å². The Morgan fingerprint density at radius 3 is 2.21 bits per heavy atom. The zero-order valence-corrected chi connectivity index (χ0v) is 13.4. The monoisotopic (exact) mass is 288 g/mol. The molecule has 0 aromatic rings. The van der Waals surface area contributed by atoms with Gasteiger partial charge in [-0.1, -0.05) is 20.8 Å². The third-order valence-corrected chi connectivity index (χ3v) is 5.60. The number of sulfone groups is 1. The summed E-state index contributed by atoms with van der Waals surface area (Å²) in [7, 11) is -2.77. The first-order chi connectivity index (χ1) is 8.68. The Hall–Kier alpha value is -0.380. The summed E-state index contributed by atoms with van der Waals surface area (Å²) >= 11 is 0. The summed E-state index contributed by atoms with van der Waals surface area (Å²) in [6.45, 7) is 6.58. The molecule has 1 aliphatic heterocycles. The quantitative estimate of drug-likeness (QED) is 0.753. The maximum absolute atomic E-state index is 11.8. The lowest BCUT2D eigenvalue weighted by Gasteiger charge is -2.21. The van der Waals surface area contributed by atoms with Crippen molar-refractivity contribution in [2.45, 2.75) is 65.7 Å². The molecule has 0 atom stereocenters. The molecule has 0 amide bonds. The van der Waals surface area contributed by atoms with Crippen LogP contribution in [0.25, 0.3) is 0 Å². The number of rotatable bonds is 6. The Labute approximate surface area is 118 Å². The highest BCUT2D eigenvalue weighted by Gasteiger charge is 2.23. The Morgan fingerprint density at radius 2 is 1.68 bits per heavy atom. The average Bonchev–Trinajstić information content (AvgIpc) is 2.26. The number of Topliss-reactive ketones (excluding diaryl/α,β-unsaturated/α-hetero) is 1. The van der Waals surface area contributed by atoms with Gasteiger partial charge < -0.3 is 0 Å². The van der Waals surface area contributed by atoms with Crippen LogP contribution in [0.1, 0.15) is 65.7 Å². The van der Waals surface area contributed by atoms with Crippen LogP contribution in [-0.4, -0.2) is 25.7 Å². The molecule has 0 saturated carbocycles. The van der Waals surface area contributed by atoms with E-state index in [-0.39, 0.29) is 0 Å². The summed E-state index contributed by atoms with van der Waals surface area (Å²) in [5.74, 6) is 1.42. The van der Waals surface area contributed by atoms with E-state index in [0.29, 0.717) is 41.5 Å². The van der Waals surface area contributed by atoms with E-state index >= 15 is 0 Å². The summed E-state index contributed by atoms with van der Waals surface area (Å²) in [5, 5.41) is 0. The Bertz CT molecular complexity index is 376. The molecule has 0 unspecified atom stereocenters. The molecule has 1 saturated heterocycles. The van der Waals surface area contributed by atoms with Gasteiger partial charge in [-0.15, -0.1) is 0 Å². The summed E-state index contributed by atoms with van der Waals surface area (Å²) < 4.78 is 22.6. The molecule has 1 fully saturated rings. The van der Waals surface area contributed by atoms with Crippen LogP contribution in [0, 0.1) is 11.3 Å². The van der Waals surface area contributed by atoms with Crippen LogP contribution in [0.4, 0.5) is 0 Å². The fourth-order valence-corrected chi connectivity index (χ4v) is 4.12. The molecule has 19 heavy (non-hydrogen) atoms. The smallest absolute Gasteiger partial charge is 0.150 e. The van der Waals surface area contributed by atoms with Gasteiger partial charge in [-0.25, -0.2) is 8.42 Å². The van der Waals surface area contributed by atoms with E-state index in [2.05, 4.69) is 20.8 Å². The van der Waals surface area contributed by atoms with Crippen LogP contribution in [0.5, 0.6) is 0 Å². The van der Waals surface area contributed by atoms with Crippen LogP contribution >= 0.6 is 0 Å². The molecule has 0 spiro atoms. The molecule has 0 bridgehead atoms. The predicted molar refractivity (Wildman–Crippen MR) is 78.9 cm³/mol. The minimum absolute atomic E-state index is 0.304. The maximum atomic E-state index is 11.8. The summed E-state index contributed by atoms with van der Waals surface area (Å²) in [5.41, 5.74) is 0.304. The molecule has 0 N–H and O–H groups in total.